The minimum Gasteiger partial charge on any atom is -0.368 e. The van der Waals surface area contributed by atoms with Gasteiger partial charge in [0.2, 0.25) is 11.8 Å². The lowest BCUT2D eigenvalue weighted by atomic mass is 9.93. The van der Waals surface area contributed by atoms with E-state index in [9.17, 15) is 0 Å². The molecule has 0 unspecified atom stereocenters. The molecule has 23 heavy (non-hydrogen) atoms. The van der Waals surface area contributed by atoms with Gasteiger partial charge >= 0.3 is 0 Å². The Kier molecular flexibility index (Phi) is 3.63. The van der Waals surface area contributed by atoms with Crippen LogP contribution in [-0.2, 0) is 12.8 Å². The van der Waals surface area contributed by atoms with Crippen molar-refractivity contribution in [3.05, 3.63) is 23.0 Å². The fourth-order valence-electron chi connectivity index (χ4n) is 3.68. The van der Waals surface area contributed by atoms with Gasteiger partial charge in [-0.3, -0.25) is 0 Å². The summed E-state index contributed by atoms with van der Waals surface area (Å²) >= 11 is 0. The Labute approximate surface area is 135 Å². The number of nitrogens with zero attached hydrogens (tertiary/aromatic N) is 5. The zero-order valence-electron chi connectivity index (χ0n) is 13.5. The van der Waals surface area contributed by atoms with Crippen LogP contribution < -0.4 is 10.6 Å². The molecule has 2 aromatic heterocycles. The third kappa shape index (κ3) is 2.75. The van der Waals surface area contributed by atoms with Gasteiger partial charge in [-0.2, -0.15) is 9.97 Å². The average molecular weight is 314 g/mol. The number of rotatable bonds is 2. The van der Waals surface area contributed by atoms with Gasteiger partial charge in [0.25, 0.3) is 0 Å². The third-order valence-corrected chi connectivity index (χ3v) is 4.88. The van der Waals surface area contributed by atoms with E-state index in [1.807, 2.05) is 6.92 Å². The summed E-state index contributed by atoms with van der Waals surface area (Å²) in [5.41, 5.74) is 8.38. The average Bonchev–Trinajstić information content (AvgIpc) is 3.01. The molecule has 0 aromatic carbocycles. The van der Waals surface area contributed by atoms with E-state index in [-0.39, 0.29) is 0 Å². The molecule has 1 fully saturated rings. The van der Waals surface area contributed by atoms with Gasteiger partial charge in [-0.15, -0.1) is 0 Å². The van der Waals surface area contributed by atoms with Gasteiger partial charge in [-0.25, -0.2) is 4.98 Å². The molecule has 0 radical (unpaired) electrons. The molecule has 0 saturated carbocycles. The van der Waals surface area contributed by atoms with E-state index in [0.717, 1.165) is 56.1 Å². The zero-order valence-corrected chi connectivity index (χ0v) is 13.5. The summed E-state index contributed by atoms with van der Waals surface area (Å²) in [6.45, 7) is 3.73. The number of aromatic nitrogens is 4. The van der Waals surface area contributed by atoms with Gasteiger partial charge in [0.05, 0.1) is 5.69 Å². The molecular formula is C16H22N6O. The van der Waals surface area contributed by atoms with Crippen molar-refractivity contribution >= 4 is 11.8 Å². The van der Waals surface area contributed by atoms with Crippen molar-refractivity contribution in [3.8, 4) is 0 Å². The van der Waals surface area contributed by atoms with Crippen LogP contribution in [0, 0.1) is 6.92 Å². The summed E-state index contributed by atoms with van der Waals surface area (Å²) in [5, 5.41) is 4.07. The van der Waals surface area contributed by atoms with E-state index in [1.54, 1.807) is 0 Å². The number of aryl methyl sites for hydroxylation is 2. The van der Waals surface area contributed by atoms with E-state index in [1.165, 1.54) is 18.4 Å². The Morgan fingerprint density at radius 2 is 1.87 bits per heavy atom. The van der Waals surface area contributed by atoms with Crippen molar-refractivity contribution in [2.24, 2.45) is 0 Å². The van der Waals surface area contributed by atoms with Gasteiger partial charge in [0.15, 0.2) is 5.82 Å². The number of hydrogen-bond acceptors (Lipinski definition) is 7. The first-order chi connectivity index (χ1) is 11.2. The molecule has 2 N–H and O–H groups in total. The van der Waals surface area contributed by atoms with Crippen LogP contribution in [0.2, 0.25) is 0 Å². The summed E-state index contributed by atoms with van der Waals surface area (Å²) < 4.78 is 5.11. The fraction of sp³-hybridized carbons (Fsp3) is 0.625. The first-order valence-electron chi connectivity index (χ1n) is 8.41. The maximum atomic E-state index is 5.93. The standard InChI is InChI=1S/C16H22N6O/c1-10-18-14(21-23-10)11-6-8-22(9-7-11)15-12-4-2-3-5-13(12)19-16(17)20-15/h11H,2-9H2,1H3,(H2,17,19,20). The number of nitrogen functional groups attached to an aromatic ring is 1. The highest BCUT2D eigenvalue weighted by atomic mass is 16.5. The van der Waals surface area contributed by atoms with Crippen LogP contribution in [0.3, 0.4) is 0 Å². The molecule has 7 nitrogen and oxygen atoms in total. The molecule has 1 aliphatic carbocycles. The van der Waals surface area contributed by atoms with E-state index in [0.29, 0.717) is 17.8 Å². The largest absolute Gasteiger partial charge is 0.368 e. The number of piperidine rings is 1. The smallest absolute Gasteiger partial charge is 0.223 e. The predicted molar refractivity (Wildman–Crippen MR) is 86.3 cm³/mol. The van der Waals surface area contributed by atoms with Gasteiger partial charge in [-0.1, -0.05) is 5.16 Å². The highest BCUT2D eigenvalue weighted by Crippen LogP contribution is 2.33. The van der Waals surface area contributed by atoms with E-state index in [4.69, 9.17) is 10.3 Å². The molecule has 122 valence electrons. The summed E-state index contributed by atoms with van der Waals surface area (Å²) in [6, 6.07) is 0. The molecule has 4 rings (SSSR count). The normalized spacial score (nSPS) is 18.9. The number of nitrogens with two attached hydrogens (primary N) is 1. The molecule has 2 aliphatic rings. The minimum absolute atomic E-state index is 0.374. The second kappa shape index (κ2) is 5.79. The zero-order chi connectivity index (χ0) is 15.8. The molecule has 0 amide bonds. The molecule has 1 aliphatic heterocycles. The van der Waals surface area contributed by atoms with E-state index < -0.39 is 0 Å². The van der Waals surface area contributed by atoms with E-state index >= 15 is 0 Å². The van der Waals surface area contributed by atoms with Crippen LogP contribution >= 0.6 is 0 Å². The molecular weight excluding hydrogens is 292 g/mol. The Morgan fingerprint density at radius 3 is 2.61 bits per heavy atom. The maximum Gasteiger partial charge on any atom is 0.223 e. The molecule has 0 spiro atoms. The quantitative estimate of drug-likeness (QED) is 0.906. The van der Waals surface area contributed by atoms with Crippen molar-refractivity contribution in [2.45, 2.75) is 51.4 Å². The second-order valence-corrected chi connectivity index (χ2v) is 6.47. The molecule has 2 aromatic rings. The summed E-state index contributed by atoms with van der Waals surface area (Å²) in [4.78, 5) is 15.7. The first kappa shape index (κ1) is 14.4. The van der Waals surface area contributed by atoms with Gasteiger partial charge in [0.1, 0.15) is 5.82 Å². The van der Waals surface area contributed by atoms with Crippen LogP contribution in [0.15, 0.2) is 4.52 Å². The lowest BCUT2D eigenvalue weighted by Gasteiger charge is -2.33. The van der Waals surface area contributed by atoms with Crippen LogP contribution in [-0.4, -0.2) is 33.2 Å². The van der Waals surface area contributed by atoms with Crippen LogP contribution in [0.25, 0.3) is 0 Å². The Morgan fingerprint density at radius 1 is 1.09 bits per heavy atom. The van der Waals surface area contributed by atoms with Crippen molar-refractivity contribution in [1.82, 2.24) is 20.1 Å². The summed E-state index contributed by atoms with van der Waals surface area (Å²) in [6.07, 6.45) is 6.52. The highest BCUT2D eigenvalue weighted by molar-refractivity contribution is 5.53. The summed E-state index contributed by atoms with van der Waals surface area (Å²) in [7, 11) is 0. The number of fused-ring (bicyclic) bond motifs is 1. The van der Waals surface area contributed by atoms with Gasteiger partial charge < -0.3 is 15.2 Å². The third-order valence-electron chi connectivity index (χ3n) is 4.88. The summed E-state index contributed by atoms with van der Waals surface area (Å²) in [5.74, 6) is 3.30. The Hall–Kier alpha value is -2.18. The van der Waals surface area contributed by atoms with Crippen molar-refractivity contribution in [2.75, 3.05) is 23.7 Å². The molecule has 0 atom stereocenters. The predicted octanol–water partition coefficient (Wildman–Crippen LogP) is 2.01. The van der Waals surface area contributed by atoms with Crippen molar-refractivity contribution in [1.29, 1.82) is 0 Å². The molecule has 0 bridgehead atoms. The second-order valence-electron chi connectivity index (χ2n) is 6.47. The first-order valence-corrected chi connectivity index (χ1v) is 8.41. The van der Waals surface area contributed by atoms with Gasteiger partial charge in [0, 0.05) is 31.5 Å². The highest BCUT2D eigenvalue weighted by Gasteiger charge is 2.28. The number of hydrogen-bond donors (Lipinski definition) is 1. The van der Waals surface area contributed by atoms with Crippen molar-refractivity contribution < 1.29 is 4.52 Å². The molecule has 7 heteroatoms. The monoisotopic (exact) mass is 314 g/mol. The van der Waals surface area contributed by atoms with Crippen molar-refractivity contribution in [3.63, 3.8) is 0 Å². The minimum atomic E-state index is 0.374. The fourth-order valence-corrected chi connectivity index (χ4v) is 3.68. The van der Waals surface area contributed by atoms with E-state index in [2.05, 4.69) is 25.0 Å². The SMILES string of the molecule is Cc1nc(C2CCN(c3nc(N)nc4c3CCCC4)CC2)no1. The topological polar surface area (TPSA) is 94.0 Å². The molecule has 1 saturated heterocycles. The van der Waals surface area contributed by atoms with Crippen LogP contribution in [0.5, 0.6) is 0 Å². The van der Waals surface area contributed by atoms with Crippen LogP contribution in [0.1, 0.15) is 54.6 Å². The van der Waals surface area contributed by atoms with Crippen LogP contribution in [0.4, 0.5) is 11.8 Å². The van der Waals surface area contributed by atoms with Gasteiger partial charge in [-0.05, 0) is 38.5 Å². The Balaban J connectivity index is 1.53. The Bertz CT molecular complexity index is 705. The number of anilines is 2. The lowest BCUT2D eigenvalue weighted by Crippen LogP contribution is -2.35. The maximum absolute atomic E-state index is 5.93. The molecule has 3 heterocycles. The lowest BCUT2D eigenvalue weighted by molar-refractivity contribution is 0.375.